The summed E-state index contributed by atoms with van der Waals surface area (Å²) in [5, 5.41) is 3.38. The average Bonchev–Trinajstić information content (AvgIpc) is 2.47. The van der Waals surface area contributed by atoms with Crippen LogP contribution in [-0.4, -0.2) is 43.3 Å². The van der Waals surface area contributed by atoms with Crippen LogP contribution in [-0.2, 0) is 0 Å². The maximum atomic E-state index is 4.04. The van der Waals surface area contributed by atoms with E-state index in [1.54, 1.807) is 6.21 Å². The average molecular weight is 177 g/mol. The molecule has 0 aromatic heterocycles. The number of nitrogens with zero attached hydrogens (tertiary/aromatic N) is 2. The summed E-state index contributed by atoms with van der Waals surface area (Å²) in [5.74, 6) is 0. The molecule has 1 atom stereocenters. The second-order valence-electron chi connectivity index (χ2n) is 3.38. The molecular formula is C10H15N3. The summed E-state index contributed by atoms with van der Waals surface area (Å²) >= 11 is 0. The van der Waals surface area contributed by atoms with Gasteiger partial charge in [-0.2, -0.15) is 0 Å². The number of dihydropyridines is 1. The zero-order valence-corrected chi connectivity index (χ0v) is 7.74. The van der Waals surface area contributed by atoms with Crippen molar-refractivity contribution in [2.45, 2.75) is 12.5 Å². The molecule has 2 radical (unpaired) electrons. The molecule has 0 saturated carbocycles. The maximum absolute atomic E-state index is 4.04. The van der Waals surface area contributed by atoms with Crippen molar-refractivity contribution in [3.63, 3.8) is 0 Å². The molecule has 0 bridgehead atoms. The zero-order chi connectivity index (χ0) is 8.93. The summed E-state index contributed by atoms with van der Waals surface area (Å²) in [4.78, 5) is 6.45. The molecule has 2 aliphatic rings. The summed E-state index contributed by atoms with van der Waals surface area (Å²) in [5.41, 5.74) is 0. The van der Waals surface area contributed by atoms with E-state index in [-0.39, 0.29) is 0 Å². The Labute approximate surface area is 79.5 Å². The summed E-state index contributed by atoms with van der Waals surface area (Å²) in [7, 11) is 0. The molecule has 70 valence electrons. The zero-order valence-electron chi connectivity index (χ0n) is 7.74. The Kier molecular flexibility index (Phi) is 3.11. The predicted molar refractivity (Wildman–Crippen MR) is 53.7 cm³/mol. The summed E-state index contributed by atoms with van der Waals surface area (Å²) < 4.78 is 0. The van der Waals surface area contributed by atoms with Crippen molar-refractivity contribution in [2.75, 3.05) is 26.2 Å². The Bertz CT molecular complexity index is 202. The van der Waals surface area contributed by atoms with Gasteiger partial charge in [0.25, 0.3) is 0 Å². The van der Waals surface area contributed by atoms with Crippen molar-refractivity contribution in [3.8, 4) is 0 Å². The Morgan fingerprint density at radius 1 is 1.38 bits per heavy atom. The van der Waals surface area contributed by atoms with Gasteiger partial charge in [-0.1, -0.05) is 6.08 Å². The number of nitrogens with one attached hydrogen (secondary N) is 1. The van der Waals surface area contributed by atoms with Crippen LogP contribution in [0.25, 0.3) is 0 Å². The molecule has 1 unspecified atom stereocenters. The predicted octanol–water partition coefficient (Wildman–Crippen LogP) is 0.330. The molecule has 3 nitrogen and oxygen atoms in total. The molecule has 1 N–H and O–H groups in total. The van der Waals surface area contributed by atoms with Crippen molar-refractivity contribution >= 4 is 6.21 Å². The lowest BCUT2D eigenvalue weighted by molar-refractivity contribution is 0.265. The van der Waals surface area contributed by atoms with Gasteiger partial charge in [-0.05, 0) is 19.0 Å². The van der Waals surface area contributed by atoms with Crippen LogP contribution in [0.1, 0.15) is 6.42 Å². The quantitative estimate of drug-likeness (QED) is 0.625. The minimum Gasteiger partial charge on any atom is -0.315 e. The highest BCUT2D eigenvalue weighted by molar-refractivity contribution is 5.73. The van der Waals surface area contributed by atoms with Gasteiger partial charge >= 0.3 is 0 Å². The van der Waals surface area contributed by atoms with E-state index in [1.165, 1.54) is 6.42 Å². The van der Waals surface area contributed by atoms with Crippen molar-refractivity contribution < 1.29 is 0 Å². The van der Waals surface area contributed by atoms with Gasteiger partial charge in [0.05, 0.1) is 6.04 Å². The van der Waals surface area contributed by atoms with Crippen molar-refractivity contribution in [1.82, 2.24) is 10.2 Å². The Morgan fingerprint density at radius 2 is 2.38 bits per heavy atom. The summed E-state index contributed by atoms with van der Waals surface area (Å²) in [6.45, 7) is 7.55. The highest BCUT2D eigenvalue weighted by Crippen LogP contribution is 2.10. The second kappa shape index (κ2) is 4.53. The van der Waals surface area contributed by atoms with Gasteiger partial charge in [-0.15, -0.1) is 0 Å². The van der Waals surface area contributed by atoms with Crippen molar-refractivity contribution in [3.05, 3.63) is 18.7 Å². The Morgan fingerprint density at radius 3 is 3.23 bits per heavy atom. The fourth-order valence-corrected chi connectivity index (χ4v) is 1.71. The van der Waals surface area contributed by atoms with Crippen LogP contribution in [0, 0.1) is 6.54 Å². The summed E-state index contributed by atoms with van der Waals surface area (Å²) in [6, 6.07) is 0.296. The third kappa shape index (κ3) is 2.39. The van der Waals surface area contributed by atoms with Crippen LogP contribution in [0.15, 0.2) is 17.1 Å². The second-order valence-corrected chi connectivity index (χ2v) is 3.38. The minimum absolute atomic E-state index is 0.296. The lowest BCUT2D eigenvalue weighted by Crippen LogP contribution is -2.37. The van der Waals surface area contributed by atoms with Gasteiger partial charge in [0, 0.05) is 25.8 Å². The number of aliphatic imine (C=N–C) groups is 1. The first kappa shape index (κ1) is 8.91. The standard InChI is InChI=1S/C10H15N3/c1-3-10(9-12-4-1)13-7-2-5-11-6-8-13/h1,3-4,10-11H,2,5-8H2. The molecule has 2 aliphatic heterocycles. The molecule has 0 spiro atoms. The largest absolute Gasteiger partial charge is 0.315 e. The van der Waals surface area contributed by atoms with Crippen LogP contribution >= 0.6 is 0 Å². The van der Waals surface area contributed by atoms with E-state index in [1.807, 2.05) is 6.08 Å². The SMILES string of the molecule is [C]1N=CC=CC1N1CCCNCC1. The monoisotopic (exact) mass is 177 g/mol. The van der Waals surface area contributed by atoms with E-state index in [9.17, 15) is 0 Å². The van der Waals surface area contributed by atoms with Crippen molar-refractivity contribution in [2.24, 2.45) is 4.99 Å². The molecule has 0 aliphatic carbocycles. The number of hydrogen-bond donors (Lipinski definition) is 1. The van der Waals surface area contributed by atoms with E-state index >= 15 is 0 Å². The van der Waals surface area contributed by atoms with E-state index in [4.69, 9.17) is 0 Å². The lowest BCUT2D eigenvalue weighted by atomic mass is 10.2. The molecule has 2 heterocycles. The van der Waals surface area contributed by atoms with Gasteiger partial charge in [-0.3, -0.25) is 9.89 Å². The number of allylic oxidation sites excluding steroid dienone is 1. The lowest BCUT2D eigenvalue weighted by Gasteiger charge is -2.26. The molecule has 0 aromatic rings. The first-order valence-corrected chi connectivity index (χ1v) is 4.87. The van der Waals surface area contributed by atoms with Gasteiger partial charge in [0.1, 0.15) is 6.54 Å². The fraction of sp³-hybridized carbons (Fsp3) is 0.600. The van der Waals surface area contributed by atoms with E-state index in [0.717, 1.165) is 26.2 Å². The Balaban J connectivity index is 1.90. The van der Waals surface area contributed by atoms with Crippen LogP contribution < -0.4 is 5.32 Å². The van der Waals surface area contributed by atoms with E-state index < -0.39 is 0 Å². The van der Waals surface area contributed by atoms with E-state index in [0.29, 0.717) is 6.04 Å². The van der Waals surface area contributed by atoms with Gasteiger partial charge < -0.3 is 5.32 Å². The van der Waals surface area contributed by atoms with Crippen LogP contribution in [0.2, 0.25) is 0 Å². The topological polar surface area (TPSA) is 27.6 Å². The molecule has 0 amide bonds. The molecule has 0 aromatic carbocycles. The number of rotatable bonds is 1. The molecule has 1 fully saturated rings. The maximum Gasteiger partial charge on any atom is 0.139 e. The van der Waals surface area contributed by atoms with Crippen LogP contribution in [0.3, 0.4) is 0 Å². The smallest absolute Gasteiger partial charge is 0.139 e. The normalized spacial score (nSPS) is 30.3. The fourth-order valence-electron chi connectivity index (χ4n) is 1.71. The third-order valence-electron chi connectivity index (χ3n) is 2.43. The Hall–Kier alpha value is -0.670. The third-order valence-corrected chi connectivity index (χ3v) is 2.43. The summed E-state index contributed by atoms with van der Waals surface area (Å²) in [6.07, 6.45) is 7.15. The molecule has 2 rings (SSSR count). The van der Waals surface area contributed by atoms with Gasteiger partial charge in [0.2, 0.25) is 0 Å². The van der Waals surface area contributed by atoms with Crippen LogP contribution in [0.4, 0.5) is 0 Å². The van der Waals surface area contributed by atoms with Crippen molar-refractivity contribution in [1.29, 1.82) is 0 Å². The van der Waals surface area contributed by atoms with E-state index in [2.05, 4.69) is 27.8 Å². The first-order chi connectivity index (χ1) is 6.47. The molecule has 3 heteroatoms. The number of hydrogen-bond acceptors (Lipinski definition) is 3. The highest BCUT2D eigenvalue weighted by Gasteiger charge is 2.18. The first-order valence-electron chi connectivity index (χ1n) is 4.87. The molecular weight excluding hydrogens is 162 g/mol. The minimum atomic E-state index is 0.296. The molecule has 1 saturated heterocycles. The van der Waals surface area contributed by atoms with Gasteiger partial charge in [-0.25, -0.2) is 0 Å². The van der Waals surface area contributed by atoms with Crippen LogP contribution in [0.5, 0.6) is 0 Å². The van der Waals surface area contributed by atoms with Gasteiger partial charge in [0.15, 0.2) is 0 Å². The molecule has 13 heavy (non-hydrogen) atoms. The highest BCUT2D eigenvalue weighted by atomic mass is 15.2.